The molecule has 0 spiro atoms. The molecule has 0 bridgehead atoms. The maximum absolute atomic E-state index is 12.3. The molecule has 1 heterocycles. The molecule has 0 saturated heterocycles. The highest BCUT2D eigenvalue weighted by atomic mass is 32.1. The molecule has 2 rings (SSSR count). The second kappa shape index (κ2) is 6.88. The number of carbonyl (C=O) groups is 2. The van der Waals surface area contributed by atoms with Crippen molar-refractivity contribution in [2.75, 3.05) is 13.6 Å². The van der Waals surface area contributed by atoms with Gasteiger partial charge in [0, 0.05) is 24.9 Å². The van der Waals surface area contributed by atoms with Crippen LogP contribution >= 0.6 is 11.3 Å². The molecule has 4 nitrogen and oxygen atoms in total. The normalized spacial score (nSPS) is 14.4. The van der Waals surface area contributed by atoms with Gasteiger partial charge in [-0.05, 0) is 43.7 Å². The van der Waals surface area contributed by atoms with Crippen molar-refractivity contribution in [2.24, 2.45) is 0 Å². The Morgan fingerprint density at radius 3 is 2.80 bits per heavy atom. The van der Waals surface area contributed by atoms with E-state index in [1.54, 1.807) is 23.3 Å². The van der Waals surface area contributed by atoms with E-state index < -0.39 is 5.97 Å². The van der Waals surface area contributed by atoms with E-state index in [1.165, 1.54) is 29.7 Å². The van der Waals surface area contributed by atoms with Gasteiger partial charge in [-0.2, -0.15) is 0 Å². The number of fused-ring (bicyclic) bond motifs is 1. The van der Waals surface area contributed by atoms with Gasteiger partial charge in [0.2, 0.25) is 0 Å². The molecule has 20 heavy (non-hydrogen) atoms. The molecule has 1 aromatic rings. The number of hydrogen-bond donors (Lipinski definition) is 1. The summed E-state index contributed by atoms with van der Waals surface area (Å²) in [7, 11) is 1.75. The minimum absolute atomic E-state index is 0.0217. The lowest BCUT2D eigenvalue weighted by Crippen LogP contribution is -2.27. The maximum atomic E-state index is 12.3. The summed E-state index contributed by atoms with van der Waals surface area (Å²) < 4.78 is 0. The molecule has 0 aliphatic heterocycles. The predicted octanol–water partition coefficient (Wildman–Crippen LogP) is 2.95. The van der Waals surface area contributed by atoms with E-state index in [1.807, 2.05) is 6.07 Å². The molecule has 1 aliphatic rings. The summed E-state index contributed by atoms with van der Waals surface area (Å²) in [6, 6.07) is 2.04. The highest BCUT2D eigenvalue weighted by Gasteiger charge is 2.18. The van der Waals surface area contributed by atoms with E-state index >= 15 is 0 Å². The minimum Gasteiger partial charge on any atom is -0.481 e. The van der Waals surface area contributed by atoms with Crippen molar-refractivity contribution in [1.82, 2.24) is 4.90 Å². The lowest BCUT2D eigenvalue weighted by molar-refractivity contribution is -0.137. The molecule has 1 aliphatic carbocycles. The monoisotopic (exact) mass is 295 g/mol. The Kier molecular flexibility index (Phi) is 5.17. The predicted molar refractivity (Wildman–Crippen MR) is 79.4 cm³/mol. The Morgan fingerprint density at radius 2 is 2.05 bits per heavy atom. The molecular weight excluding hydrogens is 274 g/mol. The van der Waals surface area contributed by atoms with Gasteiger partial charge >= 0.3 is 5.97 Å². The van der Waals surface area contributed by atoms with Crippen LogP contribution in [0.25, 0.3) is 0 Å². The summed E-state index contributed by atoms with van der Waals surface area (Å²) in [6.07, 6.45) is 6.50. The summed E-state index contributed by atoms with van der Waals surface area (Å²) in [5, 5.41) is 8.62. The number of carboxylic acids is 1. The number of thiophene rings is 1. The number of carbonyl (C=O) groups excluding carboxylic acids is 1. The van der Waals surface area contributed by atoms with E-state index in [0.717, 1.165) is 17.7 Å². The third kappa shape index (κ3) is 3.82. The minimum atomic E-state index is -0.811. The average Bonchev–Trinajstić information content (AvgIpc) is 2.68. The first-order chi connectivity index (χ1) is 9.58. The Morgan fingerprint density at radius 1 is 1.30 bits per heavy atom. The topological polar surface area (TPSA) is 57.6 Å². The van der Waals surface area contributed by atoms with Gasteiger partial charge in [0.15, 0.2) is 0 Å². The number of amides is 1. The van der Waals surface area contributed by atoms with Crippen molar-refractivity contribution in [2.45, 2.75) is 44.9 Å². The molecule has 1 N–H and O–H groups in total. The zero-order valence-corrected chi connectivity index (χ0v) is 12.7. The van der Waals surface area contributed by atoms with Gasteiger partial charge in [-0.15, -0.1) is 11.3 Å². The van der Waals surface area contributed by atoms with Crippen molar-refractivity contribution in [1.29, 1.82) is 0 Å². The Hall–Kier alpha value is -1.36. The van der Waals surface area contributed by atoms with E-state index in [2.05, 4.69) is 0 Å². The zero-order valence-electron chi connectivity index (χ0n) is 11.9. The molecule has 0 aromatic carbocycles. The van der Waals surface area contributed by atoms with Gasteiger partial charge < -0.3 is 10.0 Å². The van der Waals surface area contributed by atoms with Crippen molar-refractivity contribution in [3.8, 4) is 0 Å². The fourth-order valence-corrected chi connectivity index (χ4v) is 3.78. The SMILES string of the molecule is CN(CCCC(=O)O)C(=O)c1cc2c(s1)CCCCC2. The largest absolute Gasteiger partial charge is 0.481 e. The van der Waals surface area contributed by atoms with Crippen LogP contribution < -0.4 is 0 Å². The van der Waals surface area contributed by atoms with Crippen LogP contribution in [0.15, 0.2) is 6.07 Å². The van der Waals surface area contributed by atoms with Gasteiger partial charge in [0.05, 0.1) is 4.88 Å². The quantitative estimate of drug-likeness (QED) is 0.850. The van der Waals surface area contributed by atoms with Crippen LogP contribution in [0.3, 0.4) is 0 Å². The first kappa shape index (κ1) is 15.0. The summed E-state index contributed by atoms with van der Waals surface area (Å²) in [6.45, 7) is 0.494. The van der Waals surface area contributed by atoms with Crippen LogP contribution in [0.4, 0.5) is 0 Å². The number of nitrogens with zero attached hydrogens (tertiary/aromatic N) is 1. The highest BCUT2D eigenvalue weighted by molar-refractivity contribution is 7.14. The van der Waals surface area contributed by atoms with Gasteiger partial charge in [-0.25, -0.2) is 0 Å². The van der Waals surface area contributed by atoms with Crippen LogP contribution in [-0.4, -0.2) is 35.5 Å². The summed E-state index contributed by atoms with van der Waals surface area (Å²) in [4.78, 5) is 26.6. The Labute approximate surface area is 123 Å². The molecule has 0 atom stereocenters. The van der Waals surface area contributed by atoms with Crippen LogP contribution in [-0.2, 0) is 17.6 Å². The van der Waals surface area contributed by atoms with E-state index in [0.29, 0.717) is 13.0 Å². The summed E-state index contributed by atoms with van der Waals surface area (Å²) >= 11 is 1.62. The molecule has 1 aromatic heterocycles. The van der Waals surface area contributed by atoms with Crippen LogP contribution in [0.5, 0.6) is 0 Å². The maximum Gasteiger partial charge on any atom is 0.303 e. The first-order valence-electron chi connectivity index (χ1n) is 7.17. The van der Waals surface area contributed by atoms with Crippen molar-refractivity contribution < 1.29 is 14.7 Å². The third-order valence-corrected chi connectivity index (χ3v) is 4.91. The molecule has 110 valence electrons. The Balaban J connectivity index is 1.96. The number of aliphatic carboxylic acids is 1. The fourth-order valence-electron chi connectivity index (χ4n) is 2.53. The third-order valence-electron chi connectivity index (χ3n) is 3.69. The Bertz CT molecular complexity index is 472. The molecule has 0 saturated carbocycles. The standard InChI is InChI=1S/C15H21NO3S/c1-16(9-5-8-14(17)18)15(19)13-10-11-6-3-2-4-7-12(11)20-13/h10H,2-9H2,1H3,(H,17,18). The van der Waals surface area contributed by atoms with Gasteiger partial charge in [-0.1, -0.05) is 6.42 Å². The van der Waals surface area contributed by atoms with Crippen LogP contribution in [0.1, 0.15) is 52.2 Å². The van der Waals surface area contributed by atoms with Crippen LogP contribution in [0.2, 0.25) is 0 Å². The second-order valence-corrected chi connectivity index (χ2v) is 6.48. The van der Waals surface area contributed by atoms with E-state index in [4.69, 9.17) is 5.11 Å². The molecule has 5 heteroatoms. The summed E-state index contributed by atoms with van der Waals surface area (Å²) in [5.74, 6) is -0.790. The second-order valence-electron chi connectivity index (χ2n) is 5.34. The smallest absolute Gasteiger partial charge is 0.303 e. The van der Waals surface area contributed by atoms with E-state index in [9.17, 15) is 9.59 Å². The van der Waals surface area contributed by atoms with Gasteiger partial charge in [0.25, 0.3) is 5.91 Å². The van der Waals surface area contributed by atoms with E-state index in [-0.39, 0.29) is 12.3 Å². The number of carboxylic acid groups (broad SMARTS) is 1. The molecule has 1 amide bonds. The molecule has 0 unspecified atom stereocenters. The number of hydrogen-bond acceptors (Lipinski definition) is 3. The molecular formula is C15H21NO3S. The van der Waals surface area contributed by atoms with Crippen molar-refractivity contribution in [3.05, 3.63) is 21.4 Å². The molecule has 0 fully saturated rings. The first-order valence-corrected chi connectivity index (χ1v) is 7.98. The highest BCUT2D eigenvalue weighted by Crippen LogP contribution is 2.29. The van der Waals surface area contributed by atoms with Crippen LogP contribution in [0, 0.1) is 0 Å². The lowest BCUT2D eigenvalue weighted by Gasteiger charge is -2.15. The van der Waals surface area contributed by atoms with Crippen molar-refractivity contribution in [3.63, 3.8) is 0 Å². The van der Waals surface area contributed by atoms with Gasteiger partial charge in [0.1, 0.15) is 0 Å². The lowest BCUT2D eigenvalue weighted by atomic mass is 10.1. The average molecular weight is 295 g/mol. The zero-order chi connectivity index (χ0) is 14.5. The number of aryl methyl sites for hydroxylation is 2. The summed E-state index contributed by atoms with van der Waals surface area (Å²) in [5.41, 5.74) is 1.34. The fraction of sp³-hybridized carbons (Fsp3) is 0.600. The van der Waals surface area contributed by atoms with Gasteiger partial charge in [-0.3, -0.25) is 9.59 Å². The number of rotatable bonds is 5. The molecule has 0 radical (unpaired) electrons. The van der Waals surface area contributed by atoms with Crippen molar-refractivity contribution >= 4 is 23.2 Å².